The fourth-order valence-electron chi connectivity index (χ4n) is 6.33. The van der Waals surface area contributed by atoms with Crippen LogP contribution in [0.1, 0.15) is 134 Å². The molecule has 0 heterocycles. The Hall–Kier alpha value is -2.12. The van der Waals surface area contributed by atoms with E-state index in [0.29, 0.717) is 0 Å². The molecule has 1 atom stereocenters. The maximum absolute atomic E-state index is 10.3. The zero-order chi connectivity index (χ0) is 25.9. The first kappa shape index (κ1) is 27.9. The van der Waals surface area contributed by atoms with E-state index in [-0.39, 0.29) is 0 Å². The van der Waals surface area contributed by atoms with Crippen LogP contribution in [-0.2, 0) is 6.42 Å². The average Bonchev–Trinajstić information content (AvgIpc) is 2.91. The summed E-state index contributed by atoms with van der Waals surface area (Å²) in [4.78, 5) is 0. The van der Waals surface area contributed by atoms with Gasteiger partial charge in [-0.25, -0.2) is 0 Å². The highest BCUT2D eigenvalue weighted by molar-refractivity contribution is 6.24. The summed E-state index contributed by atoms with van der Waals surface area (Å²) >= 11 is 0. The van der Waals surface area contributed by atoms with Crippen LogP contribution < -0.4 is 0 Å². The first-order chi connectivity index (χ1) is 18.2. The number of aliphatic hydroxyl groups is 1. The molecule has 37 heavy (non-hydrogen) atoms. The number of aryl methyl sites for hydroxylation is 1. The van der Waals surface area contributed by atoms with E-state index in [1.54, 1.807) is 0 Å². The third kappa shape index (κ3) is 7.47. The summed E-state index contributed by atoms with van der Waals surface area (Å²) in [6, 6.07) is 17.9. The van der Waals surface area contributed by atoms with Gasteiger partial charge < -0.3 is 5.11 Å². The van der Waals surface area contributed by atoms with Crippen LogP contribution in [0.25, 0.3) is 32.3 Å². The van der Waals surface area contributed by atoms with Crippen molar-refractivity contribution in [3.8, 4) is 0 Å². The van der Waals surface area contributed by atoms with E-state index in [9.17, 15) is 5.11 Å². The van der Waals surface area contributed by atoms with E-state index in [4.69, 9.17) is 0 Å². The van der Waals surface area contributed by atoms with E-state index in [0.717, 1.165) is 12.0 Å². The number of hydrogen-bond acceptors (Lipinski definition) is 1. The van der Waals surface area contributed by atoms with Crippen molar-refractivity contribution >= 4 is 32.3 Å². The van der Waals surface area contributed by atoms with E-state index in [2.05, 4.69) is 55.5 Å². The Balaban J connectivity index is 1.17. The summed E-state index contributed by atoms with van der Waals surface area (Å²) in [5.41, 5.74) is 2.51. The van der Waals surface area contributed by atoms with Crippen molar-refractivity contribution in [3.63, 3.8) is 0 Å². The van der Waals surface area contributed by atoms with Gasteiger partial charge in [-0.1, -0.05) is 152 Å². The molecule has 0 aliphatic carbocycles. The molecule has 0 spiro atoms. The zero-order valence-corrected chi connectivity index (χ0v) is 23.7. The Labute approximate surface area is 226 Å². The molecule has 1 nitrogen and oxygen atoms in total. The van der Waals surface area contributed by atoms with Crippen LogP contribution in [0, 0.1) is 0 Å². The number of benzene rings is 4. The van der Waals surface area contributed by atoms with Gasteiger partial charge in [-0.05, 0) is 63.2 Å². The van der Waals surface area contributed by atoms with Crippen molar-refractivity contribution in [2.45, 2.75) is 129 Å². The summed E-state index contributed by atoms with van der Waals surface area (Å²) in [5, 5.41) is 18.2. The SMILES string of the molecule is CCCCCCCCCCCCCCCCCCc1ccc2ccc3c([C@@H](C)O)ccc4ccc1c2c43. The Morgan fingerprint density at radius 1 is 0.514 bits per heavy atom. The van der Waals surface area contributed by atoms with Gasteiger partial charge in [0.1, 0.15) is 0 Å². The van der Waals surface area contributed by atoms with Gasteiger partial charge in [0, 0.05) is 0 Å². The van der Waals surface area contributed by atoms with Gasteiger partial charge in [0.15, 0.2) is 0 Å². The van der Waals surface area contributed by atoms with Crippen molar-refractivity contribution in [1.82, 2.24) is 0 Å². The molecule has 0 aliphatic heterocycles. The maximum atomic E-state index is 10.3. The first-order valence-corrected chi connectivity index (χ1v) is 15.6. The third-order valence-corrected chi connectivity index (χ3v) is 8.54. The minimum absolute atomic E-state index is 0.450. The smallest absolute Gasteiger partial charge is 0.0767 e. The molecule has 0 amide bonds. The highest BCUT2D eigenvalue weighted by atomic mass is 16.3. The maximum Gasteiger partial charge on any atom is 0.0767 e. The predicted octanol–water partition coefficient (Wildman–Crippen LogP) is 11.4. The van der Waals surface area contributed by atoms with Crippen molar-refractivity contribution < 1.29 is 5.11 Å². The van der Waals surface area contributed by atoms with Crippen LogP contribution >= 0.6 is 0 Å². The zero-order valence-electron chi connectivity index (χ0n) is 23.7. The van der Waals surface area contributed by atoms with E-state index >= 15 is 0 Å². The van der Waals surface area contributed by atoms with Crippen molar-refractivity contribution in [3.05, 3.63) is 59.7 Å². The van der Waals surface area contributed by atoms with Gasteiger partial charge in [-0.15, -0.1) is 0 Å². The monoisotopic (exact) mass is 498 g/mol. The molecule has 200 valence electrons. The van der Waals surface area contributed by atoms with Crippen molar-refractivity contribution in [2.75, 3.05) is 0 Å². The van der Waals surface area contributed by atoms with E-state index < -0.39 is 6.10 Å². The summed E-state index contributed by atoms with van der Waals surface area (Å²) in [7, 11) is 0. The Bertz CT molecular complexity index is 1200. The van der Waals surface area contributed by atoms with Crippen LogP contribution in [0.2, 0.25) is 0 Å². The Morgan fingerprint density at radius 2 is 0.946 bits per heavy atom. The highest BCUT2D eigenvalue weighted by Crippen LogP contribution is 2.39. The lowest BCUT2D eigenvalue weighted by Gasteiger charge is -2.17. The molecule has 1 heteroatoms. The number of hydrogen-bond donors (Lipinski definition) is 1. The molecule has 1 N–H and O–H groups in total. The van der Waals surface area contributed by atoms with Crippen molar-refractivity contribution in [1.29, 1.82) is 0 Å². The standard InChI is InChI=1S/C36H50O/c1-3-4-5-6-7-8-9-10-11-12-13-14-15-16-17-18-19-29-20-21-30-24-27-34-32(28(2)37)25-22-31-23-26-33(29)35(30)36(31)34/h20-28,37H,3-19H2,1-2H3/t28-/m1/s1. The molecule has 0 saturated heterocycles. The molecule has 4 aromatic carbocycles. The van der Waals surface area contributed by atoms with Gasteiger partial charge >= 0.3 is 0 Å². The second-order valence-electron chi connectivity index (χ2n) is 11.5. The minimum Gasteiger partial charge on any atom is -0.389 e. The highest BCUT2D eigenvalue weighted by Gasteiger charge is 2.14. The lowest BCUT2D eigenvalue weighted by molar-refractivity contribution is 0.201. The van der Waals surface area contributed by atoms with Crippen LogP contribution in [0.4, 0.5) is 0 Å². The van der Waals surface area contributed by atoms with Gasteiger partial charge in [0.25, 0.3) is 0 Å². The fourth-order valence-corrected chi connectivity index (χ4v) is 6.33. The number of unbranched alkanes of at least 4 members (excludes halogenated alkanes) is 15. The van der Waals surface area contributed by atoms with Gasteiger partial charge in [-0.3, -0.25) is 0 Å². The molecule has 4 aromatic rings. The largest absolute Gasteiger partial charge is 0.389 e. The third-order valence-electron chi connectivity index (χ3n) is 8.54. The van der Waals surface area contributed by atoms with Crippen LogP contribution in [0.15, 0.2) is 48.5 Å². The van der Waals surface area contributed by atoms with E-state index in [1.165, 1.54) is 141 Å². The summed E-state index contributed by atoms with van der Waals surface area (Å²) in [6.07, 6.45) is 23.3. The molecule has 0 fully saturated rings. The molecule has 0 unspecified atom stereocenters. The summed E-state index contributed by atoms with van der Waals surface area (Å²) in [5.74, 6) is 0. The predicted molar refractivity (Wildman–Crippen MR) is 164 cm³/mol. The van der Waals surface area contributed by atoms with Gasteiger partial charge in [-0.2, -0.15) is 0 Å². The second-order valence-corrected chi connectivity index (χ2v) is 11.5. The molecule has 0 aromatic heterocycles. The number of aliphatic hydroxyl groups excluding tert-OH is 1. The normalized spacial score (nSPS) is 12.8. The van der Waals surface area contributed by atoms with Crippen LogP contribution in [-0.4, -0.2) is 5.11 Å². The lowest BCUT2D eigenvalue weighted by Crippen LogP contribution is -1.95. The van der Waals surface area contributed by atoms with Crippen molar-refractivity contribution in [2.24, 2.45) is 0 Å². The Kier molecular flexibility index (Phi) is 11.1. The molecule has 0 bridgehead atoms. The molecule has 0 radical (unpaired) electrons. The number of rotatable bonds is 18. The van der Waals surface area contributed by atoms with Gasteiger partial charge in [0.05, 0.1) is 6.10 Å². The quantitative estimate of drug-likeness (QED) is 0.107. The lowest BCUT2D eigenvalue weighted by atomic mass is 9.88. The Morgan fingerprint density at radius 3 is 1.49 bits per heavy atom. The molecule has 4 rings (SSSR count). The second kappa shape index (κ2) is 14.7. The van der Waals surface area contributed by atoms with Crippen LogP contribution in [0.5, 0.6) is 0 Å². The average molecular weight is 499 g/mol. The minimum atomic E-state index is -0.450. The molecular formula is C36H50O. The first-order valence-electron chi connectivity index (χ1n) is 15.6. The summed E-state index contributed by atoms with van der Waals surface area (Å²) in [6.45, 7) is 4.17. The molecular weight excluding hydrogens is 448 g/mol. The fraction of sp³-hybridized carbons (Fsp3) is 0.556. The summed E-state index contributed by atoms with van der Waals surface area (Å²) < 4.78 is 0. The topological polar surface area (TPSA) is 20.2 Å². The molecule has 0 saturated carbocycles. The van der Waals surface area contributed by atoms with E-state index in [1.807, 2.05) is 6.92 Å². The molecule has 0 aliphatic rings. The van der Waals surface area contributed by atoms with Gasteiger partial charge in [0.2, 0.25) is 0 Å². The van der Waals surface area contributed by atoms with Crippen LogP contribution in [0.3, 0.4) is 0 Å².